The molecule has 0 aromatic heterocycles. The van der Waals surface area contributed by atoms with Crippen LogP contribution in [0.5, 0.6) is 0 Å². The topological polar surface area (TPSA) is 332 Å². The summed E-state index contributed by atoms with van der Waals surface area (Å²) in [6.07, 6.45) is -24.7. The molecule has 0 aromatic carbocycles. The van der Waals surface area contributed by atoms with E-state index < -0.39 is 172 Å². The molecule has 0 radical (unpaired) electrons. The molecule has 0 saturated carbocycles. The first-order chi connectivity index (χ1) is 29.9. The zero-order chi connectivity index (χ0) is 48.2. The van der Waals surface area contributed by atoms with Crippen LogP contribution < -0.4 is 5.32 Å². The quantitative estimate of drug-likeness (QED) is 0.114. The first-order valence-electron chi connectivity index (χ1n) is 19.5. The molecule has 3 saturated heterocycles. The summed E-state index contributed by atoms with van der Waals surface area (Å²) in [6, 6.07) is -1.72. The molecule has 0 aliphatic carbocycles. The molecular weight excluding hydrogens is 870 g/mol. The molecule has 26 heteroatoms. The Hall–Kier alpha value is -5.54. The van der Waals surface area contributed by atoms with Crippen molar-refractivity contribution in [1.29, 1.82) is 0 Å². The van der Waals surface area contributed by atoms with E-state index in [1.54, 1.807) is 0 Å². The van der Waals surface area contributed by atoms with Crippen LogP contribution >= 0.6 is 0 Å². The van der Waals surface area contributed by atoms with Gasteiger partial charge >= 0.3 is 53.7 Å². The molecule has 3 fully saturated rings. The van der Waals surface area contributed by atoms with Gasteiger partial charge in [-0.3, -0.25) is 47.9 Å². The van der Waals surface area contributed by atoms with Crippen molar-refractivity contribution >= 4 is 59.6 Å². The molecule has 0 spiro atoms. The fourth-order valence-electron chi connectivity index (χ4n) is 6.88. The van der Waals surface area contributed by atoms with Crippen molar-refractivity contribution in [3.8, 4) is 0 Å². The SMILES string of the molecule is CC(=O)NC1C(OC2C(O)OC(COC(C)=O)C(OC(C)=O)C2OC(C)=O)OC(COC(C)=O)C(OC2OC(COC(C)=O)C(OC(C)=O)C(OC(C)=O)C2OC(C)=O)C1OC(C)=O. The predicted octanol–water partition coefficient (Wildman–Crippen LogP) is -2.29. The average molecular weight is 924 g/mol. The monoisotopic (exact) mass is 923 g/mol. The Balaban J connectivity index is 2.23. The maximum Gasteiger partial charge on any atom is 0.303 e. The lowest BCUT2D eigenvalue weighted by molar-refractivity contribution is -0.370. The van der Waals surface area contributed by atoms with Gasteiger partial charge in [-0.2, -0.15) is 0 Å². The number of aliphatic hydroxyl groups excluding tert-OH is 1. The lowest BCUT2D eigenvalue weighted by Crippen LogP contribution is -2.70. The maximum atomic E-state index is 12.9. The van der Waals surface area contributed by atoms with Crippen molar-refractivity contribution in [2.24, 2.45) is 0 Å². The van der Waals surface area contributed by atoms with Crippen molar-refractivity contribution in [3.05, 3.63) is 0 Å². The molecule has 3 rings (SSSR count). The highest BCUT2D eigenvalue weighted by Crippen LogP contribution is 2.37. The highest BCUT2D eigenvalue weighted by molar-refractivity contribution is 5.74. The van der Waals surface area contributed by atoms with Gasteiger partial charge in [0.05, 0.1) is 0 Å². The molecular formula is C38H53NO25. The van der Waals surface area contributed by atoms with Crippen LogP contribution in [0.4, 0.5) is 0 Å². The van der Waals surface area contributed by atoms with Crippen LogP contribution in [0, 0.1) is 0 Å². The Morgan fingerprint density at radius 3 is 1.12 bits per heavy atom. The molecule has 15 atom stereocenters. The highest BCUT2D eigenvalue weighted by Gasteiger charge is 2.59. The lowest BCUT2D eigenvalue weighted by atomic mass is 9.94. The van der Waals surface area contributed by atoms with Gasteiger partial charge in [0.15, 0.2) is 61.6 Å². The van der Waals surface area contributed by atoms with Gasteiger partial charge in [-0.05, 0) is 0 Å². The molecule has 3 heterocycles. The molecule has 360 valence electrons. The lowest BCUT2D eigenvalue weighted by Gasteiger charge is -2.50. The first kappa shape index (κ1) is 52.8. The Bertz CT molecular complexity index is 1740. The van der Waals surface area contributed by atoms with Crippen molar-refractivity contribution in [3.63, 3.8) is 0 Å². The standard InChI is InChI=1S/C38H53NO25/c1-14(40)39-27-31(56-20(7)46)28(63-38-35(59-23(10)49)33(58-22(9)48)30(55-19(6)45)26(62-38)13-53-17(4)43)25(12-52-16(3)42)61-37(27)64-34-32(57-21(8)47)29(54-18(5)44)24(60-36(34)50)11-51-15(2)41/h24-38,50H,11-13H2,1-10H3,(H,39,40). The fraction of sp³-hybridized carbons (Fsp3) is 0.737. The van der Waals surface area contributed by atoms with Crippen LogP contribution in [0.25, 0.3) is 0 Å². The molecule has 2 N–H and O–H groups in total. The zero-order valence-electron chi connectivity index (χ0n) is 36.5. The number of amides is 1. The minimum Gasteiger partial charge on any atom is -0.463 e. The molecule has 3 aliphatic rings. The Morgan fingerprint density at radius 1 is 0.391 bits per heavy atom. The highest BCUT2D eigenvalue weighted by atomic mass is 16.8. The van der Waals surface area contributed by atoms with Crippen molar-refractivity contribution in [2.45, 2.75) is 161 Å². The van der Waals surface area contributed by atoms with Gasteiger partial charge in [0, 0.05) is 69.2 Å². The number of ether oxygens (including phenoxy) is 14. The van der Waals surface area contributed by atoms with Crippen molar-refractivity contribution in [2.75, 3.05) is 19.8 Å². The van der Waals surface area contributed by atoms with Crippen LogP contribution in [0.3, 0.4) is 0 Å². The van der Waals surface area contributed by atoms with E-state index >= 15 is 0 Å². The summed E-state index contributed by atoms with van der Waals surface area (Å²) < 4.78 is 78.8. The van der Waals surface area contributed by atoms with Crippen LogP contribution in [0.15, 0.2) is 0 Å². The van der Waals surface area contributed by atoms with E-state index in [0.29, 0.717) is 0 Å². The molecule has 64 heavy (non-hydrogen) atoms. The number of nitrogens with one attached hydrogen (secondary N) is 1. The molecule has 26 nitrogen and oxygen atoms in total. The second kappa shape index (κ2) is 23.9. The summed E-state index contributed by atoms with van der Waals surface area (Å²) in [7, 11) is 0. The maximum absolute atomic E-state index is 12.9. The summed E-state index contributed by atoms with van der Waals surface area (Å²) in [6.45, 7) is 8.03. The van der Waals surface area contributed by atoms with Gasteiger partial charge in [0.25, 0.3) is 0 Å². The predicted molar refractivity (Wildman–Crippen MR) is 199 cm³/mol. The Kier molecular flexibility index (Phi) is 19.8. The van der Waals surface area contributed by atoms with Gasteiger partial charge in [-0.15, -0.1) is 0 Å². The zero-order valence-corrected chi connectivity index (χ0v) is 36.5. The second-order valence-electron chi connectivity index (χ2n) is 14.4. The van der Waals surface area contributed by atoms with E-state index in [-0.39, 0.29) is 0 Å². The second-order valence-corrected chi connectivity index (χ2v) is 14.4. The van der Waals surface area contributed by atoms with Crippen LogP contribution in [0.2, 0.25) is 0 Å². The van der Waals surface area contributed by atoms with E-state index in [0.717, 1.165) is 69.2 Å². The fourth-order valence-corrected chi connectivity index (χ4v) is 6.88. The van der Waals surface area contributed by atoms with Gasteiger partial charge in [0.2, 0.25) is 5.91 Å². The summed E-state index contributed by atoms with van der Waals surface area (Å²) in [5.41, 5.74) is 0. The molecule has 3 aliphatic heterocycles. The molecule has 15 unspecified atom stereocenters. The van der Waals surface area contributed by atoms with Crippen LogP contribution in [-0.4, -0.2) is 177 Å². The Morgan fingerprint density at radius 2 is 0.719 bits per heavy atom. The Labute approximate surface area is 365 Å². The molecule has 0 bridgehead atoms. The number of carbonyl (C=O) groups excluding carboxylic acids is 10. The molecule has 1 amide bonds. The number of aliphatic hydroxyl groups is 1. The van der Waals surface area contributed by atoms with Gasteiger partial charge in [-0.25, -0.2) is 0 Å². The summed E-state index contributed by atoms with van der Waals surface area (Å²) >= 11 is 0. The smallest absolute Gasteiger partial charge is 0.303 e. The van der Waals surface area contributed by atoms with E-state index in [1.807, 2.05) is 0 Å². The van der Waals surface area contributed by atoms with E-state index in [1.165, 1.54) is 0 Å². The number of rotatable bonds is 17. The number of esters is 9. The largest absolute Gasteiger partial charge is 0.463 e. The van der Waals surface area contributed by atoms with E-state index in [9.17, 15) is 53.1 Å². The summed E-state index contributed by atoms with van der Waals surface area (Å²) in [5, 5.41) is 13.8. The van der Waals surface area contributed by atoms with Crippen molar-refractivity contribution < 1.29 is 119 Å². The number of carbonyl (C=O) groups is 10. The van der Waals surface area contributed by atoms with Gasteiger partial charge in [0.1, 0.15) is 50.3 Å². The van der Waals surface area contributed by atoms with Crippen molar-refractivity contribution in [1.82, 2.24) is 5.32 Å². The third kappa shape index (κ3) is 15.6. The average Bonchev–Trinajstić information content (AvgIpc) is 3.14. The first-order valence-corrected chi connectivity index (χ1v) is 19.5. The number of hydrogen-bond donors (Lipinski definition) is 2. The third-order valence-corrected chi connectivity index (χ3v) is 8.96. The third-order valence-electron chi connectivity index (χ3n) is 8.96. The van der Waals surface area contributed by atoms with Gasteiger partial charge < -0.3 is 76.7 Å². The minimum absolute atomic E-state index is 0.611. The summed E-state index contributed by atoms with van der Waals surface area (Å²) in [4.78, 5) is 124. The van der Waals surface area contributed by atoms with Crippen LogP contribution in [0.1, 0.15) is 69.2 Å². The minimum atomic E-state index is -2.11. The normalized spacial score (nSPS) is 32.3. The number of hydrogen-bond acceptors (Lipinski definition) is 25. The molecule has 0 aromatic rings. The summed E-state index contributed by atoms with van der Waals surface area (Å²) in [5.74, 6) is -9.15. The van der Waals surface area contributed by atoms with E-state index in [2.05, 4.69) is 5.32 Å². The van der Waals surface area contributed by atoms with Crippen LogP contribution in [-0.2, 0) is 114 Å². The van der Waals surface area contributed by atoms with E-state index in [4.69, 9.17) is 66.3 Å². The van der Waals surface area contributed by atoms with Gasteiger partial charge in [-0.1, -0.05) is 0 Å².